The molecule has 1 heterocycles. The number of carboxylic acid groups (broad SMARTS) is 1. The van der Waals surface area contributed by atoms with Crippen molar-refractivity contribution >= 4 is 16.9 Å². The van der Waals surface area contributed by atoms with E-state index in [9.17, 15) is 19.1 Å². The topological polar surface area (TPSA) is 114 Å². The molecule has 0 saturated carbocycles. The first-order valence-corrected chi connectivity index (χ1v) is 5.82. The molecule has 1 aromatic heterocycles. The summed E-state index contributed by atoms with van der Waals surface area (Å²) in [7, 11) is 0. The van der Waals surface area contributed by atoms with E-state index in [4.69, 9.17) is 15.3 Å². The number of phenolic OH excluding ortho intramolecular Hbond substituents is 1. The summed E-state index contributed by atoms with van der Waals surface area (Å²) in [6, 6.07) is 2.13. The predicted molar refractivity (Wildman–Crippen MR) is 68.0 cm³/mol. The van der Waals surface area contributed by atoms with Crippen LogP contribution in [0.1, 0.15) is 12.0 Å². The highest BCUT2D eigenvalue weighted by molar-refractivity contribution is 5.82. The molecule has 1 aromatic carbocycles. The maximum absolute atomic E-state index is 13.4. The molecule has 0 saturated heterocycles. The lowest BCUT2D eigenvalue weighted by atomic mass is 10.0. The second-order valence-electron chi connectivity index (χ2n) is 4.37. The number of nitrogens with two attached hydrogens (primary N) is 1. The van der Waals surface area contributed by atoms with Gasteiger partial charge >= 0.3 is 11.6 Å². The van der Waals surface area contributed by atoms with Crippen LogP contribution in [0.4, 0.5) is 4.39 Å². The highest BCUT2D eigenvalue weighted by atomic mass is 19.1. The van der Waals surface area contributed by atoms with Gasteiger partial charge in [0.25, 0.3) is 0 Å². The van der Waals surface area contributed by atoms with Gasteiger partial charge in [0.15, 0.2) is 11.6 Å². The molecule has 0 radical (unpaired) electrons. The van der Waals surface area contributed by atoms with E-state index < -0.39 is 29.2 Å². The molecule has 0 bridgehead atoms. The molecule has 0 spiro atoms. The molecule has 106 valence electrons. The van der Waals surface area contributed by atoms with Crippen molar-refractivity contribution in [2.24, 2.45) is 5.73 Å². The van der Waals surface area contributed by atoms with Gasteiger partial charge in [0.1, 0.15) is 11.6 Å². The van der Waals surface area contributed by atoms with Crippen molar-refractivity contribution in [2.75, 3.05) is 0 Å². The molecule has 1 atom stereocenters. The fraction of sp³-hybridized carbons (Fsp3) is 0.231. The van der Waals surface area contributed by atoms with Crippen LogP contribution in [0.2, 0.25) is 0 Å². The second kappa shape index (κ2) is 5.30. The number of hydrogen-bond acceptors (Lipinski definition) is 5. The summed E-state index contributed by atoms with van der Waals surface area (Å²) in [6.07, 6.45) is 0.274. The number of hydrogen-bond donors (Lipinski definition) is 3. The quantitative estimate of drug-likeness (QED) is 0.720. The van der Waals surface area contributed by atoms with E-state index in [-0.39, 0.29) is 18.4 Å². The summed E-state index contributed by atoms with van der Waals surface area (Å²) in [5.74, 6) is -2.63. The zero-order valence-electron chi connectivity index (χ0n) is 10.3. The van der Waals surface area contributed by atoms with Gasteiger partial charge < -0.3 is 20.4 Å². The predicted octanol–water partition coefficient (Wildman–Crippen LogP) is 0.982. The summed E-state index contributed by atoms with van der Waals surface area (Å²) in [5, 5.41) is 18.3. The highest BCUT2D eigenvalue weighted by Gasteiger charge is 2.14. The van der Waals surface area contributed by atoms with Gasteiger partial charge in [0, 0.05) is 17.5 Å². The summed E-state index contributed by atoms with van der Waals surface area (Å²) < 4.78 is 18.2. The van der Waals surface area contributed by atoms with Gasteiger partial charge in [-0.2, -0.15) is 0 Å². The highest BCUT2D eigenvalue weighted by Crippen LogP contribution is 2.25. The van der Waals surface area contributed by atoms with Crippen molar-refractivity contribution in [1.29, 1.82) is 0 Å². The Kier molecular flexibility index (Phi) is 3.71. The van der Waals surface area contributed by atoms with Crippen LogP contribution in [0.5, 0.6) is 5.75 Å². The van der Waals surface area contributed by atoms with Gasteiger partial charge in [0.05, 0.1) is 0 Å². The molecule has 20 heavy (non-hydrogen) atoms. The number of fused-ring (bicyclic) bond motifs is 1. The number of aromatic hydroxyl groups is 1. The van der Waals surface area contributed by atoms with Crippen LogP contribution in [-0.4, -0.2) is 22.2 Å². The number of aryl methyl sites for hydroxylation is 1. The monoisotopic (exact) mass is 281 g/mol. The lowest BCUT2D eigenvalue weighted by Gasteiger charge is -2.08. The maximum Gasteiger partial charge on any atom is 0.336 e. The SMILES string of the molecule is NC(CCc1cc(=O)oc2cc(O)c(F)cc12)C(=O)O. The number of carboxylic acids is 1. The van der Waals surface area contributed by atoms with Crippen molar-refractivity contribution in [3.63, 3.8) is 0 Å². The molecule has 1 unspecified atom stereocenters. The molecule has 0 amide bonds. The number of benzene rings is 1. The standard InChI is InChI=1S/C13H12FNO5/c14-8-4-7-6(1-2-9(15)13(18)19)3-12(17)20-11(7)5-10(8)16/h3-5,9,16H,1-2,15H2,(H,18,19). The van der Waals surface area contributed by atoms with E-state index >= 15 is 0 Å². The molecule has 0 aliphatic heterocycles. The third-order valence-electron chi connectivity index (χ3n) is 2.94. The van der Waals surface area contributed by atoms with E-state index in [2.05, 4.69) is 0 Å². The van der Waals surface area contributed by atoms with Gasteiger partial charge in [-0.25, -0.2) is 9.18 Å². The zero-order valence-corrected chi connectivity index (χ0v) is 10.3. The zero-order chi connectivity index (χ0) is 14.9. The van der Waals surface area contributed by atoms with Gasteiger partial charge in [-0.05, 0) is 24.5 Å². The van der Waals surface area contributed by atoms with Crippen LogP contribution in [0.3, 0.4) is 0 Å². The normalized spacial score (nSPS) is 12.5. The third kappa shape index (κ3) is 2.77. The minimum Gasteiger partial charge on any atom is -0.505 e. The first-order chi connectivity index (χ1) is 9.38. The van der Waals surface area contributed by atoms with Crippen molar-refractivity contribution in [3.8, 4) is 5.75 Å². The van der Waals surface area contributed by atoms with Crippen LogP contribution in [0, 0.1) is 5.82 Å². The van der Waals surface area contributed by atoms with E-state index in [0.717, 1.165) is 18.2 Å². The average Bonchev–Trinajstić information content (AvgIpc) is 2.37. The first-order valence-electron chi connectivity index (χ1n) is 5.82. The van der Waals surface area contributed by atoms with Crippen molar-refractivity contribution in [2.45, 2.75) is 18.9 Å². The van der Waals surface area contributed by atoms with Crippen molar-refractivity contribution in [1.82, 2.24) is 0 Å². The molecular formula is C13H12FNO5. The maximum atomic E-state index is 13.4. The van der Waals surface area contributed by atoms with Crippen LogP contribution in [0.25, 0.3) is 11.0 Å². The molecule has 0 aliphatic rings. The van der Waals surface area contributed by atoms with Crippen LogP contribution < -0.4 is 11.4 Å². The van der Waals surface area contributed by atoms with Crippen molar-refractivity contribution < 1.29 is 23.8 Å². The average molecular weight is 281 g/mol. The Hall–Kier alpha value is -2.41. The number of halogens is 1. The Labute approximate surface area is 112 Å². The molecule has 0 fully saturated rings. The minimum absolute atomic E-state index is 0.0373. The van der Waals surface area contributed by atoms with E-state index in [1.165, 1.54) is 0 Å². The fourth-order valence-corrected chi connectivity index (χ4v) is 1.88. The molecule has 2 rings (SSSR count). The van der Waals surface area contributed by atoms with Gasteiger partial charge in [-0.3, -0.25) is 4.79 Å². The van der Waals surface area contributed by atoms with E-state index in [1.54, 1.807) is 0 Å². The number of aliphatic carboxylic acids is 1. The van der Waals surface area contributed by atoms with Crippen molar-refractivity contribution in [3.05, 3.63) is 40.0 Å². The molecule has 7 heteroatoms. The molecule has 0 aliphatic carbocycles. The number of phenols is 1. The third-order valence-corrected chi connectivity index (χ3v) is 2.94. The molecule has 6 nitrogen and oxygen atoms in total. The summed E-state index contributed by atoms with van der Waals surface area (Å²) >= 11 is 0. The van der Waals surface area contributed by atoms with E-state index in [0.29, 0.717) is 10.9 Å². The second-order valence-corrected chi connectivity index (χ2v) is 4.37. The Morgan fingerprint density at radius 1 is 1.40 bits per heavy atom. The van der Waals surface area contributed by atoms with Gasteiger partial charge in [-0.15, -0.1) is 0 Å². The molecule has 4 N–H and O–H groups in total. The summed E-state index contributed by atoms with van der Waals surface area (Å²) in [6.45, 7) is 0. The smallest absolute Gasteiger partial charge is 0.336 e. The Morgan fingerprint density at radius 3 is 2.75 bits per heavy atom. The number of carbonyl (C=O) groups is 1. The van der Waals surface area contributed by atoms with Gasteiger partial charge in [-0.1, -0.05) is 0 Å². The lowest BCUT2D eigenvalue weighted by Crippen LogP contribution is -2.30. The minimum atomic E-state index is -1.15. The van der Waals surface area contributed by atoms with E-state index in [1.807, 2.05) is 0 Å². The van der Waals surface area contributed by atoms with Gasteiger partial charge in [0.2, 0.25) is 0 Å². The van der Waals surface area contributed by atoms with Crippen LogP contribution in [-0.2, 0) is 11.2 Å². The molecular weight excluding hydrogens is 269 g/mol. The lowest BCUT2D eigenvalue weighted by molar-refractivity contribution is -0.138. The fourth-order valence-electron chi connectivity index (χ4n) is 1.88. The van der Waals surface area contributed by atoms with Crippen LogP contribution in [0.15, 0.2) is 27.4 Å². The molecule has 2 aromatic rings. The Balaban J connectivity index is 2.44. The summed E-state index contributed by atoms with van der Waals surface area (Å²) in [4.78, 5) is 22.0. The largest absolute Gasteiger partial charge is 0.505 e. The number of rotatable bonds is 4. The first kappa shape index (κ1) is 14.0. The van der Waals surface area contributed by atoms with Crippen LogP contribution >= 0.6 is 0 Å². The Morgan fingerprint density at radius 2 is 2.10 bits per heavy atom. The summed E-state index contributed by atoms with van der Waals surface area (Å²) in [5.41, 5.74) is 5.18. The Bertz CT molecular complexity index is 725.